The molecule has 4 heterocycles. The molecule has 2 aliphatic heterocycles. The topological polar surface area (TPSA) is 102 Å². The van der Waals surface area contributed by atoms with Crippen molar-refractivity contribution < 1.29 is 27.4 Å². The number of benzene rings is 1. The minimum atomic E-state index is -4.52. The number of halogens is 5. The third kappa shape index (κ3) is 6.56. The van der Waals surface area contributed by atoms with E-state index >= 15 is 0 Å². The number of carbonyl (C=O) groups excluding carboxylic acids is 1. The maximum absolute atomic E-state index is 14.2. The lowest BCUT2D eigenvalue weighted by Crippen LogP contribution is -2.45. The Labute approximate surface area is 242 Å². The quantitative estimate of drug-likeness (QED) is 0.367. The summed E-state index contributed by atoms with van der Waals surface area (Å²) in [5.74, 6) is 0.819. The summed E-state index contributed by atoms with van der Waals surface area (Å²) in [6, 6.07) is 7.33. The molecule has 0 spiro atoms. The number of alkyl halides is 3. The molecule has 40 heavy (non-hydrogen) atoms. The smallest absolute Gasteiger partial charge is 0.410 e. The van der Waals surface area contributed by atoms with E-state index in [9.17, 15) is 18.0 Å². The number of hydrogen-bond acceptors (Lipinski definition) is 7. The third-order valence-electron chi connectivity index (χ3n) is 6.92. The second kappa shape index (κ2) is 13.0. The number of carbonyl (C=O) groups is 1. The molecule has 1 saturated heterocycles. The van der Waals surface area contributed by atoms with Gasteiger partial charge in [0, 0.05) is 36.8 Å². The molecular weight excluding hydrogens is 572 g/mol. The first-order chi connectivity index (χ1) is 18.3. The van der Waals surface area contributed by atoms with E-state index in [-0.39, 0.29) is 54.7 Å². The Morgan fingerprint density at radius 3 is 2.55 bits per heavy atom. The van der Waals surface area contributed by atoms with E-state index in [2.05, 4.69) is 26.0 Å². The van der Waals surface area contributed by atoms with E-state index in [1.165, 1.54) is 20.4 Å². The monoisotopic (exact) mass is 602 g/mol. The van der Waals surface area contributed by atoms with Crippen LogP contribution < -0.4 is 25.4 Å². The van der Waals surface area contributed by atoms with Gasteiger partial charge in [0.1, 0.15) is 11.5 Å². The number of pyridine rings is 1. The van der Waals surface area contributed by atoms with Crippen LogP contribution in [0, 0.1) is 0 Å². The molecule has 1 fully saturated rings. The Morgan fingerprint density at radius 1 is 1.10 bits per heavy atom. The van der Waals surface area contributed by atoms with Gasteiger partial charge in [-0.05, 0) is 49.2 Å². The van der Waals surface area contributed by atoms with E-state index in [1.54, 1.807) is 36.4 Å². The molecule has 218 valence electrons. The molecule has 1 aromatic carbocycles. The number of fused-ring (bicyclic) bond motifs is 1. The van der Waals surface area contributed by atoms with E-state index in [4.69, 9.17) is 9.47 Å². The summed E-state index contributed by atoms with van der Waals surface area (Å²) >= 11 is 0. The summed E-state index contributed by atoms with van der Waals surface area (Å²) in [6.07, 6.45) is -1.48. The molecule has 14 heteroatoms. The Morgan fingerprint density at radius 2 is 1.88 bits per heavy atom. The van der Waals surface area contributed by atoms with Crippen LogP contribution in [0.3, 0.4) is 0 Å². The number of aromatic nitrogens is 3. The number of amides is 1. The van der Waals surface area contributed by atoms with Crippen molar-refractivity contribution in [3.05, 3.63) is 53.9 Å². The molecule has 1 amide bonds. The highest BCUT2D eigenvalue weighted by Gasteiger charge is 2.46. The molecule has 3 N–H and O–H groups in total. The van der Waals surface area contributed by atoms with E-state index in [1.807, 2.05) is 0 Å². The highest BCUT2D eigenvalue weighted by molar-refractivity contribution is 5.93. The molecule has 0 aliphatic carbocycles. The summed E-state index contributed by atoms with van der Waals surface area (Å²) in [6.45, 7) is 1.61. The molecule has 3 atom stereocenters. The standard InChI is InChI=1S/C26H29F3N6O3.2ClH/c1-37-21-6-5-15(11-22(21)38-2)18-12-23(26(27,28)29)35-24(33-18)13-19(34-35)16-7-9-31-20(10-16)25(36)32-17-4-3-8-30-14-17;;/h5-7,9-11,13,17-18,23,30,33H,3-4,8,12,14H2,1-2H3,(H,32,36);2*1H/t17-,18?,23?;;/m0../s1. The van der Waals surface area contributed by atoms with Gasteiger partial charge in [-0.1, -0.05) is 6.07 Å². The van der Waals surface area contributed by atoms with Crippen molar-refractivity contribution in [2.75, 3.05) is 32.6 Å². The van der Waals surface area contributed by atoms with Crippen LogP contribution in [-0.4, -0.2) is 60.2 Å². The van der Waals surface area contributed by atoms with E-state index < -0.39 is 18.3 Å². The predicted octanol–water partition coefficient (Wildman–Crippen LogP) is 4.95. The summed E-state index contributed by atoms with van der Waals surface area (Å²) in [7, 11) is 2.97. The van der Waals surface area contributed by atoms with Crippen LogP contribution in [0.4, 0.5) is 19.0 Å². The predicted molar refractivity (Wildman–Crippen MR) is 149 cm³/mol. The number of nitrogens with zero attached hydrogens (tertiary/aromatic N) is 3. The molecule has 5 rings (SSSR count). The number of piperidine rings is 1. The van der Waals surface area contributed by atoms with Gasteiger partial charge in [0.15, 0.2) is 17.5 Å². The average molecular weight is 603 g/mol. The van der Waals surface area contributed by atoms with Gasteiger partial charge in [-0.25, -0.2) is 4.68 Å². The first kappa shape index (κ1) is 31.3. The van der Waals surface area contributed by atoms with Crippen molar-refractivity contribution >= 4 is 36.5 Å². The Hall–Kier alpha value is -3.22. The summed E-state index contributed by atoms with van der Waals surface area (Å²) < 4.78 is 54.1. The Bertz CT molecular complexity index is 1320. The fraction of sp³-hybridized carbons (Fsp3) is 0.423. The molecule has 2 aliphatic rings. The SMILES string of the molecule is COc1ccc(C2CC(C(F)(F)F)n3nc(-c4ccnc(C(=O)N[C@H]5CCCNC5)c4)cc3N2)cc1OC.Cl.Cl. The maximum Gasteiger partial charge on any atom is 0.410 e. The van der Waals surface area contributed by atoms with Gasteiger partial charge >= 0.3 is 6.18 Å². The van der Waals surface area contributed by atoms with Crippen LogP contribution in [0.2, 0.25) is 0 Å². The van der Waals surface area contributed by atoms with Crippen LogP contribution in [0.25, 0.3) is 11.3 Å². The van der Waals surface area contributed by atoms with Crippen molar-refractivity contribution in [3.8, 4) is 22.8 Å². The summed E-state index contributed by atoms with van der Waals surface area (Å²) in [5, 5.41) is 13.7. The summed E-state index contributed by atoms with van der Waals surface area (Å²) in [4.78, 5) is 16.9. The first-order valence-electron chi connectivity index (χ1n) is 12.4. The zero-order valence-electron chi connectivity index (χ0n) is 21.8. The largest absolute Gasteiger partial charge is 0.493 e. The lowest BCUT2D eigenvalue weighted by atomic mass is 9.96. The molecule has 9 nitrogen and oxygen atoms in total. The normalized spacial score (nSPS) is 20.2. The lowest BCUT2D eigenvalue weighted by molar-refractivity contribution is -0.173. The van der Waals surface area contributed by atoms with Crippen LogP contribution in [0.15, 0.2) is 42.6 Å². The molecular formula is C26H31Cl2F3N6O3. The fourth-order valence-electron chi connectivity index (χ4n) is 4.95. The maximum atomic E-state index is 14.2. The van der Waals surface area contributed by atoms with Gasteiger partial charge in [-0.3, -0.25) is 9.78 Å². The van der Waals surface area contributed by atoms with Crippen molar-refractivity contribution in [2.45, 2.75) is 43.6 Å². The average Bonchev–Trinajstić information content (AvgIpc) is 3.36. The molecule has 0 saturated carbocycles. The minimum Gasteiger partial charge on any atom is -0.493 e. The molecule has 0 radical (unpaired) electrons. The van der Waals surface area contributed by atoms with Gasteiger partial charge in [0.25, 0.3) is 5.91 Å². The first-order valence-corrected chi connectivity index (χ1v) is 12.4. The fourth-order valence-corrected chi connectivity index (χ4v) is 4.95. The second-order valence-corrected chi connectivity index (χ2v) is 9.41. The highest BCUT2D eigenvalue weighted by atomic mass is 35.5. The number of nitrogens with one attached hydrogen (secondary N) is 3. The highest BCUT2D eigenvalue weighted by Crippen LogP contribution is 2.45. The second-order valence-electron chi connectivity index (χ2n) is 9.41. The number of ether oxygens (including phenoxy) is 2. The van der Waals surface area contributed by atoms with Crippen LogP contribution in [-0.2, 0) is 0 Å². The molecule has 2 aromatic heterocycles. The zero-order chi connectivity index (χ0) is 26.9. The van der Waals surface area contributed by atoms with Crippen LogP contribution in [0.5, 0.6) is 11.5 Å². The van der Waals surface area contributed by atoms with Crippen molar-refractivity contribution in [1.82, 2.24) is 25.4 Å². The lowest BCUT2D eigenvalue weighted by Gasteiger charge is -2.33. The number of hydrogen-bond donors (Lipinski definition) is 3. The van der Waals surface area contributed by atoms with Crippen molar-refractivity contribution in [1.29, 1.82) is 0 Å². The molecule has 0 bridgehead atoms. The zero-order valence-corrected chi connectivity index (χ0v) is 23.5. The van der Waals surface area contributed by atoms with E-state index in [0.717, 1.165) is 24.1 Å². The van der Waals surface area contributed by atoms with Crippen LogP contribution in [0.1, 0.15) is 47.4 Å². The Balaban J connectivity index is 0.00000220. The minimum absolute atomic E-state index is 0. The van der Waals surface area contributed by atoms with Crippen LogP contribution >= 0.6 is 24.8 Å². The summed E-state index contributed by atoms with van der Waals surface area (Å²) in [5.41, 5.74) is 1.62. The van der Waals surface area contributed by atoms with Gasteiger partial charge in [-0.15, -0.1) is 24.8 Å². The third-order valence-corrected chi connectivity index (χ3v) is 6.92. The van der Waals surface area contributed by atoms with Gasteiger partial charge in [0.05, 0.1) is 26.0 Å². The van der Waals surface area contributed by atoms with Crippen molar-refractivity contribution in [2.24, 2.45) is 0 Å². The Kier molecular flexibility index (Phi) is 10.1. The molecule has 3 aromatic rings. The van der Waals surface area contributed by atoms with Crippen molar-refractivity contribution in [3.63, 3.8) is 0 Å². The number of rotatable bonds is 6. The number of anilines is 1. The van der Waals surface area contributed by atoms with Gasteiger partial charge in [0.2, 0.25) is 0 Å². The van der Waals surface area contributed by atoms with E-state index in [0.29, 0.717) is 34.9 Å². The number of methoxy groups -OCH3 is 2. The molecule has 2 unspecified atom stereocenters. The van der Waals surface area contributed by atoms with Gasteiger partial charge < -0.3 is 25.4 Å². The van der Waals surface area contributed by atoms with Gasteiger partial charge in [-0.2, -0.15) is 18.3 Å².